The summed E-state index contributed by atoms with van der Waals surface area (Å²) in [7, 11) is 0. The number of ether oxygens (including phenoxy) is 4. The van der Waals surface area contributed by atoms with E-state index in [1.54, 1.807) is 12.1 Å². The number of amides is 1. The van der Waals surface area contributed by atoms with E-state index < -0.39 is 5.82 Å². The van der Waals surface area contributed by atoms with Gasteiger partial charge in [0.25, 0.3) is 5.91 Å². The number of pyridine rings is 1. The van der Waals surface area contributed by atoms with Crippen LogP contribution in [0, 0.1) is 11.7 Å². The smallest absolute Gasteiger partial charge is 0.255 e. The molecular formula is C32H41FN2O6S. The zero-order valence-electron chi connectivity index (χ0n) is 24.1. The van der Waals surface area contributed by atoms with Crippen LogP contribution >= 0.6 is 11.8 Å². The van der Waals surface area contributed by atoms with Gasteiger partial charge in [0, 0.05) is 19.1 Å². The van der Waals surface area contributed by atoms with Crippen molar-refractivity contribution in [1.29, 1.82) is 0 Å². The van der Waals surface area contributed by atoms with Crippen molar-refractivity contribution < 1.29 is 32.9 Å². The molecular weight excluding hydrogens is 559 g/mol. The van der Waals surface area contributed by atoms with E-state index in [1.165, 1.54) is 6.07 Å². The standard InChI is InChI=1S/C32H41FN2O6S/c33-23-20-27(32(34-21-23)41-25-12-17-42-18-13-25)28(36)19-22-8-10-24(11-9-22)35-31(37)26-5-1-2-6-29(26)38-15-16-40-30-7-3-4-14-39-30/h1-2,5-6,20-22,24-25,30H,3-4,7-19H2,(H,35,37). The van der Waals surface area contributed by atoms with Gasteiger partial charge in [-0.05, 0) is 93.4 Å². The minimum atomic E-state index is -0.536. The third kappa shape index (κ3) is 8.91. The van der Waals surface area contributed by atoms with Crippen LogP contribution in [0.1, 0.15) is 84.9 Å². The highest BCUT2D eigenvalue weighted by Crippen LogP contribution is 2.31. The van der Waals surface area contributed by atoms with Crippen molar-refractivity contribution in [3.63, 3.8) is 0 Å². The maximum Gasteiger partial charge on any atom is 0.255 e. The Kier molecular flexibility index (Phi) is 11.5. The highest BCUT2D eigenvalue weighted by molar-refractivity contribution is 7.99. The number of rotatable bonds is 12. The number of thioether (sulfide) groups is 1. The molecule has 1 saturated carbocycles. The average molecular weight is 601 g/mol. The molecule has 2 aliphatic heterocycles. The number of ketones is 1. The van der Waals surface area contributed by atoms with E-state index in [0.717, 1.165) is 82.1 Å². The first-order valence-corrected chi connectivity index (χ1v) is 16.4. The molecule has 1 atom stereocenters. The second-order valence-electron chi connectivity index (χ2n) is 11.3. The number of hydrogen-bond donors (Lipinski definition) is 1. The molecule has 1 N–H and O–H groups in total. The predicted molar refractivity (Wildman–Crippen MR) is 159 cm³/mol. The first kappa shape index (κ1) is 30.8. The van der Waals surface area contributed by atoms with E-state index in [9.17, 15) is 14.0 Å². The Morgan fingerprint density at radius 3 is 2.60 bits per heavy atom. The Labute approximate surface area is 251 Å². The van der Waals surface area contributed by atoms with Gasteiger partial charge in [0.05, 0.1) is 23.9 Å². The normalized spacial score (nSPS) is 23.2. The van der Waals surface area contributed by atoms with Gasteiger partial charge in [-0.15, -0.1) is 0 Å². The largest absolute Gasteiger partial charge is 0.490 e. The number of hydrogen-bond acceptors (Lipinski definition) is 8. The third-order valence-electron chi connectivity index (χ3n) is 8.14. The molecule has 42 heavy (non-hydrogen) atoms. The summed E-state index contributed by atoms with van der Waals surface area (Å²) in [6.07, 6.45) is 9.26. The van der Waals surface area contributed by atoms with Crippen LogP contribution in [0.5, 0.6) is 11.6 Å². The minimum absolute atomic E-state index is 0.00910. The number of carbonyl (C=O) groups excluding carboxylic acids is 2. The Bertz CT molecular complexity index is 1180. The molecule has 228 valence electrons. The van der Waals surface area contributed by atoms with Gasteiger partial charge >= 0.3 is 0 Å². The lowest BCUT2D eigenvalue weighted by molar-refractivity contribution is -0.165. The van der Waals surface area contributed by atoms with Crippen molar-refractivity contribution in [1.82, 2.24) is 10.3 Å². The number of nitrogens with one attached hydrogen (secondary N) is 1. The molecule has 1 unspecified atom stereocenters. The lowest BCUT2D eigenvalue weighted by atomic mass is 9.82. The van der Waals surface area contributed by atoms with Gasteiger partial charge in [-0.3, -0.25) is 9.59 Å². The van der Waals surface area contributed by atoms with Gasteiger partial charge in [0.15, 0.2) is 12.1 Å². The second kappa shape index (κ2) is 15.7. The van der Waals surface area contributed by atoms with Crippen LogP contribution in [0.4, 0.5) is 4.39 Å². The van der Waals surface area contributed by atoms with Crippen LogP contribution in [0.3, 0.4) is 0 Å². The molecule has 0 spiro atoms. The molecule has 1 aromatic carbocycles. The highest BCUT2D eigenvalue weighted by atomic mass is 32.2. The number of benzene rings is 1. The lowest BCUT2D eigenvalue weighted by Crippen LogP contribution is -2.38. The van der Waals surface area contributed by atoms with Gasteiger partial charge in [-0.1, -0.05) is 12.1 Å². The summed E-state index contributed by atoms with van der Waals surface area (Å²) in [5.41, 5.74) is 0.725. The molecule has 1 amide bonds. The quantitative estimate of drug-likeness (QED) is 0.235. The second-order valence-corrected chi connectivity index (χ2v) is 12.5. The fourth-order valence-electron chi connectivity index (χ4n) is 5.77. The summed E-state index contributed by atoms with van der Waals surface area (Å²) >= 11 is 1.89. The Morgan fingerprint density at radius 1 is 1.00 bits per heavy atom. The van der Waals surface area contributed by atoms with E-state index in [1.807, 2.05) is 23.9 Å². The Hall–Kier alpha value is -2.69. The third-order valence-corrected chi connectivity index (χ3v) is 9.18. The van der Waals surface area contributed by atoms with Gasteiger partial charge in [-0.25, -0.2) is 9.37 Å². The molecule has 0 bridgehead atoms. The molecule has 0 radical (unpaired) electrons. The van der Waals surface area contributed by atoms with Crippen LogP contribution in [-0.2, 0) is 9.47 Å². The summed E-state index contributed by atoms with van der Waals surface area (Å²) < 4.78 is 37.3. The van der Waals surface area contributed by atoms with Crippen LogP contribution < -0.4 is 14.8 Å². The zero-order chi connectivity index (χ0) is 29.1. The van der Waals surface area contributed by atoms with Gasteiger partial charge in [0.1, 0.15) is 24.3 Å². The molecule has 3 fully saturated rings. The van der Waals surface area contributed by atoms with E-state index in [-0.39, 0.29) is 47.5 Å². The SMILES string of the molecule is O=C(NC1CCC(CC(=O)c2cc(F)cnc2OC2CCSCC2)CC1)c1ccccc1OCCOC1CCCCO1. The maximum atomic E-state index is 14.0. The molecule has 2 saturated heterocycles. The van der Waals surface area contributed by atoms with Gasteiger partial charge in [-0.2, -0.15) is 11.8 Å². The predicted octanol–water partition coefficient (Wildman–Crippen LogP) is 5.98. The van der Waals surface area contributed by atoms with Crippen molar-refractivity contribution in [3.05, 3.63) is 53.5 Å². The summed E-state index contributed by atoms with van der Waals surface area (Å²) in [6, 6.07) is 8.49. The lowest BCUT2D eigenvalue weighted by Gasteiger charge is -2.29. The van der Waals surface area contributed by atoms with Gasteiger partial charge in [0.2, 0.25) is 5.88 Å². The molecule has 5 rings (SSSR count). The Morgan fingerprint density at radius 2 is 1.81 bits per heavy atom. The summed E-state index contributed by atoms with van der Waals surface area (Å²) in [5.74, 6) is 2.11. The summed E-state index contributed by atoms with van der Waals surface area (Å²) in [6.45, 7) is 1.45. The molecule has 1 aliphatic carbocycles. The first-order chi connectivity index (χ1) is 20.5. The van der Waals surface area contributed by atoms with Crippen LogP contribution in [-0.4, -0.2) is 66.4 Å². The van der Waals surface area contributed by atoms with Crippen molar-refractivity contribution in [2.45, 2.75) is 82.6 Å². The zero-order valence-corrected chi connectivity index (χ0v) is 24.9. The highest BCUT2D eigenvalue weighted by Gasteiger charge is 2.28. The molecule has 3 aliphatic rings. The van der Waals surface area contributed by atoms with Crippen LogP contribution in [0.15, 0.2) is 36.5 Å². The van der Waals surface area contributed by atoms with Crippen molar-refractivity contribution >= 4 is 23.5 Å². The number of para-hydroxylation sites is 1. The van der Waals surface area contributed by atoms with E-state index in [0.29, 0.717) is 30.9 Å². The molecule has 8 nitrogen and oxygen atoms in total. The topological polar surface area (TPSA) is 96.0 Å². The fraction of sp³-hybridized carbons (Fsp3) is 0.594. The van der Waals surface area contributed by atoms with Crippen molar-refractivity contribution in [3.8, 4) is 11.6 Å². The molecule has 2 aromatic rings. The average Bonchev–Trinajstić information content (AvgIpc) is 3.02. The van der Waals surface area contributed by atoms with E-state index in [2.05, 4.69) is 10.3 Å². The summed E-state index contributed by atoms with van der Waals surface area (Å²) in [5, 5.41) is 3.15. The molecule has 3 heterocycles. The van der Waals surface area contributed by atoms with Crippen molar-refractivity contribution in [2.75, 3.05) is 31.3 Å². The number of carbonyl (C=O) groups is 2. The van der Waals surface area contributed by atoms with Crippen LogP contribution in [0.2, 0.25) is 0 Å². The molecule has 10 heteroatoms. The monoisotopic (exact) mass is 600 g/mol. The van der Waals surface area contributed by atoms with E-state index in [4.69, 9.17) is 18.9 Å². The number of aromatic nitrogens is 1. The van der Waals surface area contributed by atoms with Crippen molar-refractivity contribution in [2.24, 2.45) is 5.92 Å². The molecule has 1 aromatic heterocycles. The Balaban J connectivity index is 1.08. The number of halogens is 1. The summed E-state index contributed by atoms with van der Waals surface area (Å²) in [4.78, 5) is 30.5. The number of nitrogens with zero attached hydrogens (tertiary/aromatic N) is 1. The van der Waals surface area contributed by atoms with Gasteiger partial charge < -0.3 is 24.3 Å². The van der Waals surface area contributed by atoms with E-state index >= 15 is 0 Å². The number of Topliss-reactive ketones (excluding diaryl/α,β-unsaturated/α-hetero) is 1. The first-order valence-electron chi connectivity index (χ1n) is 15.2. The maximum absolute atomic E-state index is 14.0. The van der Waals surface area contributed by atoms with Crippen LogP contribution in [0.25, 0.3) is 0 Å². The minimum Gasteiger partial charge on any atom is -0.490 e. The fourth-order valence-corrected chi connectivity index (χ4v) is 6.84.